The number of carboxylic acids is 1. The van der Waals surface area contributed by atoms with E-state index in [1.54, 1.807) is 38.1 Å². The Morgan fingerprint density at radius 2 is 2.00 bits per heavy atom. The van der Waals surface area contributed by atoms with Crippen LogP contribution in [0.1, 0.15) is 34.3 Å². The molecule has 0 aliphatic rings. The minimum Gasteiger partial charge on any atom is -0.488 e. The first-order valence-corrected chi connectivity index (χ1v) is 7.60. The SMILES string of the molecule is Cc1noc(C)c1COc1ccccc1C(=O)NCC(C)(O)C(=O)O. The predicted molar refractivity (Wildman–Crippen MR) is 87.3 cm³/mol. The second kappa shape index (κ2) is 7.35. The number of carbonyl (C=O) groups excluding carboxylic acids is 1. The molecule has 8 heteroatoms. The van der Waals surface area contributed by atoms with Crippen LogP contribution in [0, 0.1) is 13.8 Å². The number of carboxylic acid groups (broad SMARTS) is 1. The van der Waals surface area contributed by atoms with E-state index in [9.17, 15) is 14.7 Å². The number of rotatable bonds is 7. The number of aliphatic carboxylic acids is 1. The van der Waals surface area contributed by atoms with Gasteiger partial charge in [0.25, 0.3) is 5.91 Å². The molecule has 3 N–H and O–H groups in total. The van der Waals surface area contributed by atoms with Crippen LogP contribution in [0.15, 0.2) is 28.8 Å². The summed E-state index contributed by atoms with van der Waals surface area (Å²) in [5.74, 6) is -1.00. The number of carbonyl (C=O) groups is 2. The number of aromatic nitrogens is 1. The summed E-state index contributed by atoms with van der Waals surface area (Å²) in [5.41, 5.74) is -0.321. The molecular weight excluding hydrogens is 328 g/mol. The van der Waals surface area contributed by atoms with Gasteiger partial charge < -0.3 is 24.8 Å². The summed E-state index contributed by atoms with van der Waals surface area (Å²) in [6.07, 6.45) is 0. The van der Waals surface area contributed by atoms with E-state index >= 15 is 0 Å². The van der Waals surface area contributed by atoms with Gasteiger partial charge in [-0.15, -0.1) is 0 Å². The quantitative estimate of drug-likeness (QED) is 0.692. The van der Waals surface area contributed by atoms with Crippen molar-refractivity contribution in [2.45, 2.75) is 33.0 Å². The molecule has 1 atom stereocenters. The second-order valence-corrected chi connectivity index (χ2v) is 5.85. The number of ether oxygens (including phenoxy) is 1. The van der Waals surface area contributed by atoms with E-state index in [0.717, 1.165) is 12.5 Å². The molecule has 1 amide bonds. The first kappa shape index (κ1) is 18.5. The highest BCUT2D eigenvalue weighted by atomic mass is 16.5. The number of para-hydroxylation sites is 1. The van der Waals surface area contributed by atoms with E-state index in [0.29, 0.717) is 17.2 Å². The summed E-state index contributed by atoms with van der Waals surface area (Å²) >= 11 is 0. The zero-order valence-electron chi connectivity index (χ0n) is 14.2. The number of nitrogens with zero attached hydrogens (tertiary/aromatic N) is 1. The summed E-state index contributed by atoms with van der Waals surface area (Å²) in [4.78, 5) is 23.2. The zero-order chi connectivity index (χ0) is 18.6. The van der Waals surface area contributed by atoms with Crippen LogP contribution in [0.3, 0.4) is 0 Å². The topological polar surface area (TPSA) is 122 Å². The maximum absolute atomic E-state index is 12.3. The Morgan fingerprint density at radius 1 is 1.32 bits per heavy atom. The number of amides is 1. The fraction of sp³-hybridized carbons (Fsp3) is 0.353. The highest BCUT2D eigenvalue weighted by Gasteiger charge is 2.30. The Balaban J connectivity index is 2.09. The normalized spacial score (nSPS) is 13.1. The molecule has 0 aliphatic carbocycles. The smallest absolute Gasteiger partial charge is 0.337 e. The Kier molecular flexibility index (Phi) is 5.43. The number of aryl methyl sites for hydroxylation is 2. The first-order valence-electron chi connectivity index (χ1n) is 7.60. The molecule has 8 nitrogen and oxygen atoms in total. The van der Waals surface area contributed by atoms with Crippen LogP contribution < -0.4 is 10.1 Å². The van der Waals surface area contributed by atoms with Gasteiger partial charge in [0.15, 0.2) is 5.60 Å². The molecule has 2 rings (SSSR count). The zero-order valence-corrected chi connectivity index (χ0v) is 14.2. The molecule has 134 valence electrons. The van der Waals surface area contributed by atoms with Crippen molar-refractivity contribution in [2.75, 3.05) is 6.54 Å². The monoisotopic (exact) mass is 348 g/mol. The first-order chi connectivity index (χ1) is 11.7. The van der Waals surface area contributed by atoms with Gasteiger partial charge in [0, 0.05) is 0 Å². The highest BCUT2D eigenvalue weighted by Crippen LogP contribution is 2.21. The van der Waals surface area contributed by atoms with Crippen molar-refractivity contribution >= 4 is 11.9 Å². The van der Waals surface area contributed by atoms with Gasteiger partial charge in [0.1, 0.15) is 18.1 Å². The lowest BCUT2D eigenvalue weighted by Crippen LogP contribution is -2.46. The van der Waals surface area contributed by atoms with Gasteiger partial charge in [-0.25, -0.2) is 4.79 Å². The Morgan fingerprint density at radius 3 is 2.60 bits per heavy atom. The standard InChI is InChI=1S/C17H20N2O6/c1-10-13(11(2)25-19-10)8-24-14-7-5-4-6-12(14)15(20)18-9-17(3,23)16(21)22/h4-7,23H,8-9H2,1-3H3,(H,18,20)(H,21,22). The lowest BCUT2D eigenvalue weighted by atomic mass is 10.1. The van der Waals surface area contributed by atoms with Gasteiger partial charge >= 0.3 is 5.97 Å². The molecule has 25 heavy (non-hydrogen) atoms. The van der Waals surface area contributed by atoms with E-state index in [1.807, 2.05) is 0 Å². The van der Waals surface area contributed by atoms with E-state index in [4.69, 9.17) is 14.4 Å². The molecule has 1 unspecified atom stereocenters. The third-order valence-electron chi connectivity index (χ3n) is 3.74. The molecule has 0 saturated carbocycles. The van der Waals surface area contributed by atoms with Gasteiger partial charge in [0.05, 0.1) is 23.4 Å². The van der Waals surface area contributed by atoms with Crippen LogP contribution in [0.25, 0.3) is 0 Å². The van der Waals surface area contributed by atoms with E-state index in [1.165, 1.54) is 0 Å². The Bertz CT molecular complexity index is 762. The van der Waals surface area contributed by atoms with Gasteiger partial charge in [-0.05, 0) is 32.9 Å². The Labute approximate surface area is 144 Å². The third-order valence-corrected chi connectivity index (χ3v) is 3.74. The van der Waals surface area contributed by atoms with Gasteiger partial charge in [-0.1, -0.05) is 17.3 Å². The maximum Gasteiger partial charge on any atom is 0.337 e. The second-order valence-electron chi connectivity index (χ2n) is 5.85. The van der Waals surface area contributed by atoms with Crippen molar-refractivity contribution in [3.63, 3.8) is 0 Å². The predicted octanol–water partition coefficient (Wildman–Crippen LogP) is 1.44. The molecule has 0 saturated heterocycles. The van der Waals surface area contributed by atoms with Crippen molar-refractivity contribution < 1.29 is 29.1 Å². The summed E-state index contributed by atoms with van der Waals surface area (Å²) in [6, 6.07) is 6.55. The lowest BCUT2D eigenvalue weighted by molar-refractivity contribution is -0.155. The van der Waals surface area contributed by atoms with Crippen LogP contribution in [0.4, 0.5) is 0 Å². The number of hydrogen-bond donors (Lipinski definition) is 3. The molecule has 0 fully saturated rings. The summed E-state index contributed by atoms with van der Waals surface area (Å²) < 4.78 is 10.8. The largest absolute Gasteiger partial charge is 0.488 e. The lowest BCUT2D eigenvalue weighted by Gasteiger charge is -2.19. The van der Waals surface area contributed by atoms with Crippen LogP contribution in [0.2, 0.25) is 0 Å². The minimum absolute atomic E-state index is 0.179. The number of benzene rings is 1. The maximum atomic E-state index is 12.3. The highest BCUT2D eigenvalue weighted by molar-refractivity contribution is 5.97. The molecule has 1 aromatic carbocycles. The van der Waals surface area contributed by atoms with Crippen molar-refractivity contribution in [2.24, 2.45) is 0 Å². The van der Waals surface area contributed by atoms with Crippen molar-refractivity contribution in [1.82, 2.24) is 10.5 Å². The average molecular weight is 348 g/mol. The van der Waals surface area contributed by atoms with Gasteiger partial charge in [-0.3, -0.25) is 4.79 Å². The van der Waals surface area contributed by atoms with Crippen molar-refractivity contribution in [3.05, 3.63) is 46.8 Å². The molecule has 1 aromatic heterocycles. The van der Waals surface area contributed by atoms with Crippen LogP contribution >= 0.6 is 0 Å². The molecule has 0 radical (unpaired) electrons. The van der Waals surface area contributed by atoms with Gasteiger partial charge in [-0.2, -0.15) is 0 Å². The molecule has 0 aliphatic heterocycles. The molecular formula is C17H20N2O6. The van der Waals surface area contributed by atoms with E-state index < -0.39 is 24.0 Å². The molecule has 2 aromatic rings. The van der Waals surface area contributed by atoms with E-state index in [-0.39, 0.29) is 12.2 Å². The minimum atomic E-state index is -2.05. The average Bonchev–Trinajstić information content (AvgIpc) is 2.89. The fourth-order valence-electron chi connectivity index (χ4n) is 2.06. The van der Waals surface area contributed by atoms with E-state index in [2.05, 4.69) is 10.5 Å². The van der Waals surface area contributed by atoms with Crippen LogP contribution in [-0.2, 0) is 11.4 Å². The number of nitrogens with one attached hydrogen (secondary N) is 1. The molecule has 1 heterocycles. The summed E-state index contributed by atoms with van der Waals surface area (Å²) in [7, 11) is 0. The van der Waals surface area contributed by atoms with Crippen LogP contribution in [-0.4, -0.2) is 39.4 Å². The molecule has 0 spiro atoms. The van der Waals surface area contributed by atoms with Gasteiger partial charge in [0.2, 0.25) is 0 Å². The summed E-state index contributed by atoms with van der Waals surface area (Å²) in [6.45, 7) is 4.42. The Hall–Kier alpha value is -2.87. The third kappa shape index (κ3) is 4.36. The number of hydrogen-bond acceptors (Lipinski definition) is 6. The number of aliphatic hydroxyl groups is 1. The summed E-state index contributed by atoms with van der Waals surface area (Å²) in [5, 5.41) is 24.8. The van der Waals surface area contributed by atoms with Crippen molar-refractivity contribution in [1.29, 1.82) is 0 Å². The molecule has 0 bridgehead atoms. The van der Waals surface area contributed by atoms with Crippen molar-refractivity contribution in [3.8, 4) is 5.75 Å². The van der Waals surface area contributed by atoms with Crippen LogP contribution in [0.5, 0.6) is 5.75 Å². The fourth-order valence-corrected chi connectivity index (χ4v) is 2.06.